The van der Waals surface area contributed by atoms with Crippen LogP contribution in [0.25, 0.3) is 0 Å². The molecule has 2 N–H and O–H groups in total. The average molecular weight is 496 g/mol. The number of aromatic nitrogens is 1. The van der Waals surface area contributed by atoms with Crippen LogP contribution in [0, 0.1) is 0 Å². The molecule has 1 saturated heterocycles. The van der Waals surface area contributed by atoms with Crippen LogP contribution >= 0.6 is 0 Å². The average Bonchev–Trinajstić information content (AvgIpc) is 3.59. The molecule has 1 aromatic heterocycles. The van der Waals surface area contributed by atoms with Crippen molar-refractivity contribution in [2.45, 2.75) is 69.6 Å². The molecular weight excluding hydrogens is 458 g/mol. The predicted octanol–water partition coefficient (Wildman–Crippen LogP) is 4.23. The minimum atomic E-state index is -0.843. The monoisotopic (exact) mass is 495 g/mol. The fourth-order valence-corrected chi connectivity index (χ4v) is 5.22. The summed E-state index contributed by atoms with van der Waals surface area (Å²) in [7, 11) is 1.72. The minimum absolute atomic E-state index is 0.0505. The number of benzene rings is 1. The van der Waals surface area contributed by atoms with Gasteiger partial charge in [0.05, 0.1) is 19.3 Å². The number of unbranched alkanes of at least 4 members (excludes halogenated alkanes) is 1. The van der Waals surface area contributed by atoms with Crippen molar-refractivity contribution < 1.29 is 24.1 Å². The van der Waals surface area contributed by atoms with E-state index in [0.29, 0.717) is 25.4 Å². The summed E-state index contributed by atoms with van der Waals surface area (Å²) in [5.41, 5.74) is 2.96. The largest absolute Gasteiger partial charge is 0.496 e. The molecular formula is C28H37N3O5. The SMILES string of the molecule is COc1cc(CCCCO[C@@H]2CCN(C(C(=O)O)c3ccccc3OC3CC3)C2)nc2c1CCCN2. The van der Waals surface area contributed by atoms with Gasteiger partial charge in [0, 0.05) is 49.1 Å². The molecule has 0 radical (unpaired) electrons. The molecule has 3 aliphatic rings. The van der Waals surface area contributed by atoms with Gasteiger partial charge in [-0.05, 0) is 57.4 Å². The lowest BCUT2D eigenvalue weighted by Gasteiger charge is -2.26. The number of anilines is 1. The van der Waals surface area contributed by atoms with Crippen LogP contribution in [0.15, 0.2) is 30.3 Å². The second kappa shape index (κ2) is 11.5. The highest BCUT2D eigenvalue weighted by Crippen LogP contribution is 2.36. The van der Waals surface area contributed by atoms with Crippen molar-refractivity contribution in [3.63, 3.8) is 0 Å². The molecule has 3 heterocycles. The number of likely N-dealkylation sites (tertiary alicyclic amines) is 1. The van der Waals surface area contributed by atoms with Crippen molar-refractivity contribution in [1.82, 2.24) is 9.88 Å². The molecule has 5 rings (SSSR count). The summed E-state index contributed by atoms with van der Waals surface area (Å²) < 4.78 is 17.8. The van der Waals surface area contributed by atoms with E-state index in [1.807, 2.05) is 29.2 Å². The number of nitrogens with one attached hydrogen (secondary N) is 1. The molecule has 0 amide bonds. The van der Waals surface area contributed by atoms with Crippen LogP contribution in [0.2, 0.25) is 0 Å². The summed E-state index contributed by atoms with van der Waals surface area (Å²) in [5.74, 6) is 1.75. The quantitative estimate of drug-likeness (QED) is 0.423. The van der Waals surface area contributed by atoms with Gasteiger partial charge in [0.25, 0.3) is 0 Å². The molecule has 1 unspecified atom stereocenters. The number of nitrogens with zero attached hydrogens (tertiary/aromatic N) is 2. The van der Waals surface area contributed by atoms with Crippen molar-refractivity contribution in [2.75, 3.05) is 38.7 Å². The predicted molar refractivity (Wildman–Crippen MR) is 137 cm³/mol. The molecule has 8 heteroatoms. The van der Waals surface area contributed by atoms with Crippen LogP contribution in [0.1, 0.15) is 61.4 Å². The highest BCUT2D eigenvalue weighted by molar-refractivity contribution is 5.76. The highest BCUT2D eigenvalue weighted by Gasteiger charge is 2.36. The van der Waals surface area contributed by atoms with Crippen molar-refractivity contribution in [3.8, 4) is 11.5 Å². The molecule has 2 fully saturated rings. The number of carboxylic acids is 1. The number of rotatable bonds is 12. The van der Waals surface area contributed by atoms with Crippen molar-refractivity contribution in [1.29, 1.82) is 0 Å². The molecule has 1 saturated carbocycles. The second-order valence-electron chi connectivity index (χ2n) is 10.0. The van der Waals surface area contributed by atoms with E-state index in [2.05, 4.69) is 11.4 Å². The van der Waals surface area contributed by atoms with Crippen LogP contribution in [-0.4, -0.2) is 66.5 Å². The van der Waals surface area contributed by atoms with Crippen LogP contribution in [0.4, 0.5) is 5.82 Å². The summed E-state index contributed by atoms with van der Waals surface area (Å²) in [6, 6.07) is 8.91. The maximum Gasteiger partial charge on any atom is 0.325 e. The molecule has 8 nitrogen and oxygen atoms in total. The molecule has 0 spiro atoms. The Morgan fingerprint density at radius 2 is 2.06 bits per heavy atom. The van der Waals surface area contributed by atoms with E-state index in [0.717, 1.165) is 80.7 Å². The lowest BCUT2D eigenvalue weighted by Crippen LogP contribution is -2.33. The molecule has 0 bridgehead atoms. The number of ether oxygens (including phenoxy) is 3. The number of fused-ring (bicyclic) bond motifs is 1. The Balaban J connectivity index is 1.10. The van der Waals surface area contributed by atoms with Gasteiger partial charge >= 0.3 is 5.97 Å². The van der Waals surface area contributed by atoms with E-state index >= 15 is 0 Å². The molecule has 2 aromatic rings. The van der Waals surface area contributed by atoms with Gasteiger partial charge in [0.1, 0.15) is 23.4 Å². The third-order valence-electron chi connectivity index (χ3n) is 7.24. The fourth-order valence-electron chi connectivity index (χ4n) is 5.22. The van der Waals surface area contributed by atoms with Crippen LogP contribution in [0.3, 0.4) is 0 Å². The number of para-hydroxylation sites is 1. The number of pyridine rings is 1. The molecule has 36 heavy (non-hydrogen) atoms. The lowest BCUT2D eigenvalue weighted by molar-refractivity contribution is -0.143. The highest BCUT2D eigenvalue weighted by atomic mass is 16.5. The number of carboxylic acid groups (broad SMARTS) is 1. The number of carbonyl (C=O) groups is 1. The van der Waals surface area contributed by atoms with E-state index < -0.39 is 12.0 Å². The minimum Gasteiger partial charge on any atom is -0.496 e. The lowest BCUT2D eigenvalue weighted by atomic mass is 10.0. The Labute approximate surface area is 213 Å². The molecule has 1 aromatic carbocycles. The van der Waals surface area contributed by atoms with Crippen molar-refractivity contribution >= 4 is 11.8 Å². The van der Waals surface area contributed by atoms with Crippen molar-refractivity contribution in [2.24, 2.45) is 0 Å². The number of aliphatic carboxylic acids is 1. The second-order valence-corrected chi connectivity index (χ2v) is 10.0. The summed E-state index contributed by atoms with van der Waals surface area (Å²) >= 11 is 0. The van der Waals surface area contributed by atoms with E-state index in [1.54, 1.807) is 7.11 Å². The zero-order valence-corrected chi connectivity index (χ0v) is 21.1. The summed E-state index contributed by atoms with van der Waals surface area (Å²) in [6.45, 7) is 2.94. The Morgan fingerprint density at radius 1 is 1.19 bits per heavy atom. The third kappa shape index (κ3) is 5.93. The summed E-state index contributed by atoms with van der Waals surface area (Å²) in [6.07, 6.45) is 8.10. The maximum atomic E-state index is 12.3. The van der Waals surface area contributed by atoms with Crippen molar-refractivity contribution in [3.05, 3.63) is 47.2 Å². The number of hydrogen-bond donors (Lipinski definition) is 2. The van der Waals surface area contributed by atoms with E-state index in [4.69, 9.17) is 19.2 Å². The van der Waals surface area contributed by atoms with Gasteiger partial charge in [-0.3, -0.25) is 9.69 Å². The molecule has 2 aliphatic heterocycles. The first-order chi connectivity index (χ1) is 17.6. The first kappa shape index (κ1) is 24.8. The van der Waals surface area contributed by atoms with Gasteiger partial charge in [0.2, 0.25) is 0 Å². The van der Waals surface area contributed by atoms with Gasteiger partial charge in [0.15, 0.2) is 0 Å². The van der Waals surface area contributed by atoms with Gasteiger partial charge in [-0.1, -0.05) is 18.2 Å². The normalized spacial score (nSPS) is 20.4. The van der Waals surface area contributed by atoms with Crippen LogP contribution < -0.4 is 14.8 Å². The fraction of sp³-hybridized carbons (Fsp3) is 0.571. The van der Waals surface area contributed by atoms with Gasteiger partial charge in [-0.25, -0.2) is 4.98 Å². The van der Waals surface area contributed by atoms with Crippen LogP contribution in [-0.2, 0) is 22.4 Å². The van der Waals surface area contributed by atoms with Gasteiger partial charge in [-0.2, -0.15) is 0 Å². The van der Waals surface area contributed by atoms with E-state index in [1.165, 1.54) is 5.56 Å². The molecule has 1 aliphatic carbocycles. The summed E-state index contributed by atoms with van der Waals surface area (Å²) in [5, 5.41) is 13.5. The van der Waals surface area contributed by atoms with E-state index in [9.17, 15) is 9.90 Å². The Morgan fingerprint density at radius 3 is 2.86 bits per heavy atom. The smallest absolute Gasteiger partial charge is 0.325 e. The Kier molecular flexibility index (Phi) is 7.92. The Hall–Kier alpha value is -2.84. The van der Waals surface area contributed by atoms with Crippen LogP contribution in [0.5, 0.6) is 11.5 Å². The zero-order chi connectivity index (χ0) is 24.9. The summed E-state index contributed by atoms with van der Waals surface area (Å²) in [4.78, 5) is 19.1. The van der Waals surface area contributed by atoms with E-state index in [-0.39, 0.29) is 12.2 Å². The zero-order valence-electron chi connectivity index (χ0n) is 21.1. The standard InChI is InChI=1S/C28H37N3O5/c1-34-25-17-19(30-27-23(25)9-6-14-29-27)7-4-5-16-35-21-13-15-31(18-21)26(28(32)33)22-8-2-3-10-24(22)36-20-11-12-20/h2-3,8,10,17,20-21,26H,4-7,9,11-16,18H2,1H3,(H,29,30)(H,32,33)/t21-,26?/m1/s1. The Bertz CT molecular complexity index is 1040. The number of aryl methyl sites for hydroxylation is 1. The first-order valence-corrected chi connectivity index (χ1v) is 13.3. The topological polar surface area (TPSA) is 93.2 Å². The maximum absolute atomic E-state index is 12.3. The van der Waals surface area contributed by atoms with Gasteiger partial charge in [-0.15, -0.1) is 0 Å². The third-order valence-corrected chi connectivity index (χ3v) is 7.24. The first-order valence-electron chi connectivity index (χ1n) is 13.3. The molecule has 194 valence electrons. The number of methoxy groups -OCH3 is 1. The van der Waals surface area contributed by atoms with Gasteiger partial charge < -0.3 is 24.6 Å². The number of hydrogen-bond acceptors (Lipinski definition) is 7. The molecule has 2 atom stereocenters.